The number of benzene rings is 2. The van der Waals surface area contributed by atoms with Crippen LogP contribution < -0.4 is 10.6 Å². The van der Waals surface area contributed by atoms with Gasteiger partial charge in [-0.05, 0) is 44.2 Å². The number of rotatable bonds is 4. The molecule has 0 fully saturated rings. The lowest BCUT2D eigenvalue weighted by molar-refractivity contribution is -0.123. The minimum atomic E-state index is -0.955. The van der Waals surface area contributed by atoms with Crippen molar-refractivity contribution in [1.82, 2.24) is 0 Å². The minimum Gasteiger partial charge on any atom is -0.449 e. The van der Waals surface area contributed by atoms with E-state index in [-0.39, 0.29) is 11.5 Å². The molecule has 1 heterocycles. The molecule has 0 saturated carbocycles. The van der Waals surface area contributed by atoms with E-state index in [1.165, 1.54) is 18.7 Å². The zero-order chi connectivity index (χ0) is 18.7. The molecule has 0 saturated heterocycles. The Morgan fingerprint density at radius 3 is 2.65 bits per heavy atom. The number of amides is 2. The van der Waals surface area contributed by atoms with Crippen LogP contribution in [0.1, 0.15) is 22.8 Å². The molecule has 0 bridgehead atoms. The van der Waals surface area contributed by atoms with Gasteiger partial charge >= 0.3 is 5.97 Å². The number of thioether (sulfide) groups is 1. The molecule has 0 aromatic heterocycles. The second kappa shape index (κ2) is 7.61. The molecular weight excluding hydrogens is 352 g/mol. The van der Waals surface area contributed by atoms with Crippen molar-refractivity contribution < 1.29 is 19.1 Å². The van der Waals surface area contributed by atoms with E-state index in [4.69, 9.17) is 4.74 Å². The molecule has 6 nitrogen and oxygen atoms in total. The first-order chi connectivity index (χ1) is 12.4. The van der Waals surface area contributed by atoms with Gasteiger partial charge in [0.05, 0.1) is 17.0 Å². The molecule has 2 N–H and O–H groups in total. The van der Waals surface area contributed by atoms with Crippen LogP contribution in [0.15, 0.2) is 47.4 Å². The van der Waals surface area contributed by atoms with Crippen LogP contribution in [0.5, 0.6) is 0 Å². The smallest absolute Gasteiger partial charge is 0.338 e. The average Bonchev–Trinajstić information content (AvgIpc) is 2.62. The van der Waals surface area contributed by atoms with Gasteiger partial charge in [0.2, 0.25) is 5.91 Å². The van der Waals surface area contributed by atoms with E-state index in [1.54, 1.807) is 30.3 Å². The molecule has 0 spiro atoms. The molecule has 134 valence electrons. The third-order valence-electron chi connectivity index (χ3n) is 3.82. The normalized spacial score (nSPS) is 14.0. The summed E-state index contributed by atoms with van der Waals surface area (Å²) in [5.41, 5.74) is 2.58. The average molecular weight is 370 g/mol. The molecule has 0 radical (unpaired) electrons. The summed E-state index contributed by atoms with van der Waals surface area (Å²) in [5.74, 6) is -0.792. The Labute approximate surface area is 155 Å². The van der Waals surface area contributed by atoms with Crippen molar-refractivity contribution in [3.05, 3.63) is 53.6 Å². The van der Waals surface area contributed by atoms with Crippen molar-refractivity contribution in [3.63, 3.8) is 0 Å². The van der Waals surface area contributed by atoms with Gasteiger partial charge in [-0.15, -0.1) is 11.8 Å². The van der Waals surface area contributed by atoms with Crippen LogP contribution in [-0.4, -0.2) is 29.6 Å². The van der Waals surface area contributed by atoms with Crippen molar-refractivity contribution in [2.24, 2.45) is 0 Å². The molecular formula is C19H18N2O4S. The van der Waals surface area contributed by atoms with Crippen LogP contribution in [0, 0.1) is 6.92 Å². The van der Waals surface area contributed by atoms with Crippen molar-refractivity contribution in [2.75, 3.05) is 16.4 Å². The highest BCUT2D eigenvalue weighted by Crippen LogP contribution is 2.32. The topological polar surface area (TPSA) is 84.5 Å². The number of nitrogens with one attached hydrogen (secondary N) is 2. The monoisotopic (exact) mass is 370 g/mol. The van der Waals surface area contributed by atoms with Crippen LogP contribution in [0.4, 0.5) is 11.4 Å². The molecule has 2 aromatic rings. The number of aryl methyl sites for hydroxylation is 1. The van der Waals surface area contributed by atoms with E-state index in [9.17, 15) is 14.4 Å². The van der Waals surface area contributed by atoms with Gasteiger partial charge < -0.3 is 15.4 Å². The van der Waals surface area contributed by atoms with Crippen molar-refractivity contribution in [2.45, 2.75) is 24.8 Å². The molecule has 0 unspecified atom stereocenters. The zero-order valence-electron chi connectivity index (χ0n) is 14.4. The maximum atomic E-state index is 12.3. The van der Waals surface area contributed by atoms with Crippen LogP contribution in [-0.2, 0) is 14.3 Å². The first kappa shape index (κ1) is 18.0. The van der Waals surface area contributed by atoms with E-state index in [0.717, 1.165) is 10.5 Å². The summed E-state index contributed by atoms with van der Waals surface area (Å²) in [6.45, 7) is 3.47. The summed E-state index contributed by atoms with van der Waals surface area (Å²) in [6, 6.07) is 12.3. The highest BCUT2D eigenvalue weighted by molar-refractivity contribution is 8.00. The largest absolute Gasteiger partial charge is 0.449 e. The number of esters is 1. The maximum Gasteiger partial charge on any atom is 0.338 e. The Balaban J connectivity index is 1.63. The highest BCUT2D eigenvalue weighted by atomic mass is 32.2. The number of carbonyl (C=O) groups is 3. The van der Waals surface area contributed by atoms with Crippen molar-refractivity contribution in [3.8, 4) is 0 Å². The number of carbonyl (C=O) groups excluding carboxylic acids is 3. The predicted octanol–water partition coefficient (Wildman–Crippen LogP) is 3.22. The Kier molecular flexibility index (Phi) is 5.27. The number of ether oxygens (including phenoxy) is 1. The van der Waals surface area contributed by atoms with Crippen LogP contribution in [0.25, 0.3) is 0 Å². The number of anilines is 2. The molecule has 7 heteroatoms. The van der Waals surface area contributed by atoms with Crippen LogP contribution in [0.2, 0.25) is 0 Å². The van der Waals surface area contributed by atoms with Gasteiger partial charge in [-0.1, -0.05) is 17.7 Å². The quantitative estimate of drug-likeness (QED) is 0.807. The van der Waals surface area contributed by atoms with Crippen LogP contribution in [0.3, 0.4) is 0 Å². The second-order valence-electron chi connectivity index (χ2n) is 5.95. The van der Waals surface area contributed by atoms with Gasteiger partial charge in [-0.3, -0.25) is 9.59 Å². The predicted molar refractivity (Wildman–Crippen MR) is 100 cm³/mol. The van der Waals surface area contributed by atoms with Gasteiger partial charge in [-0.2, -0.15) is 0 Å². The van der Waals surface area contributed by atoms with Gasteiger partial charge in [0.1, 0.15) is 0 Å². The van der Waals surface area contributed by atoms with Crippen LogP contribution >= 0.6 is 11.8 Å². The van der Waals surface area contributed by atoms with Gasteiger partial charge in [0, 0.05) is 10.6 Å². The summed E-state index contributed by atoms with van der Waals surface area (Å²) in [5, 5.41) is 5.43. The summed E-state index contributed by atoms with van der Waals surface area (Å²) >= 11 is 1.41. The summed E-state index contributed by atoms with van der Waals surface area (Å²) in [4.78, 5) is 36.9. The Morgan fingerprint density at radius 2 is 1.92 bits per heavy atom. The fourth-order valence-electron chi connectivity index (χ4n) is 2.37. The van der Waals surface area contributed by atoms with Gasteiger partial charge in [0.15, 0.2) is 6.10 Å². The molecule has 2 amide bonds. The van der Waals surface area contributed by atoms with Gasteiger partial charge in [-0.25, -0.2) is 4.79 Å². The third-order valence-corrected chi connectivity index (χ3v) is 4.89. The third kappa shape index (κ3) is 4.23. The van der Waals surface area contributed by atoms with Gasteiger partial charge in [0.25, 0.3) is 5.91 Å². The lowest BCUT2D eigenvalue weighted by Gasteiger charge is -2.17. The lowest BCUT2D eigenvalue weighted by Crippen LogP contribution is -2.30. The minimum absolute atomic E-state index is 0.112. The number of fused-ring (bicyclic) bond motifs is 1. The van der Waals surface area contributed by atoms with Crippen molar-refractivity contribution in [1.29, 1.82) is 0 Å². The van der Waals surface area contributed by atoms with E-state index >= 15 is 0 Å². The second-order valence-corrected chi connectivity index (χ2v) is 6.97. The van der Waals surface area contributed by atoms with E-state index in [2.05, 4.69) is 10.6 Å². The molecule has 0 aliphatic carbocycles. The lowest BCUT2D eigenvalue weighted by atomic mass is 10.2. The first-order valence-corrected chi connectivity index (χ1v) is 9.06. The fourth-order valence-corrected chi connectivity index (χ4v) is 3.16. The Morgan fingerprint density at radius 1 is 1.19 bits per heavy atom. The SMILES string of the molecule is Cc1ccc(NC(=O)[C@H](C)OC(=O)c2ccc3c(c2)NC(=O)CS3)cc1. The number of hydrogen-bond donors (Lipinski definition) is 2. The fraction of sp³-hybridized carbons (Fsp3) is 0.211. The van der Waals surface area contributed by atoms with Crippen molar-refractivity contribution >= 4 is 40.9 Å². The number of hydrogen-bond acceptors (Lipinski definition) is 5. The Hall–Kier alpha value is -2.80. The van der Waals surface area contributed by atoms with E-state index in [1.807, 2.05) is 19.1 Å². The molecule has 2 aromatic carbocycles. The Bertz CT molecular complexity index is 864. The molecule has 3 rings (SSSR count). The summed E-state index contributed by atoms with van der Waals surface area (Å²) < 4.78 is 5.24. The van der Waals surface area contributed by atoms with E-state index in [0.29, 0.717) is 17.1 Å². The first-order valence-electron chi connectivity index (χ1n) is 8.07. The standard InChI is InChI=1S/C19H18N2O4S/c1-11-3-6-14(7-4-11)20-18(23)12(2)25-19(24)13-5-8-16-15(9-13)21-17(22)10-26-16/h3-9,12H,10H2,1-2H3,(H,20,23)(H,21,22)/t12-/m0/s1. The summed E-state index contributed by atoms with van der Waals surface area (Å²) in [7, 11) is 0. The maximum absolute atomic E-state index is 12.3. The van der Waals surface area contributed by atoms with E-state index < -0.39 is 18.0 Å². The summed E-state index contributed by atoms with van der Waals surface area (Å²) in [6.07, 6.45) is -0.955. The molecule has 1 aliphatic rings. The molecule has 26 heavy (non-hydrogen) atoms. The molecule has 1 atom stereocenters. The molecule has 1 aliphatic heterocycles. The zero-order valence-corrected chi connectivity index (χ0v) is 15.2. The highest BCUT2D eigenvalue weighted by Gasteiger charge is 2.21.